The van der Waals surface area contributed by atoms with Crippen LogP contribution in [-0.2, 0) is 0 Å². The molecule has 1 aliphatic rings. The van der Waals surface area contributed by atoms with Gasteiger partial charge in [-0.3, -0.25) is 9.59 Å². The van der Waals surface area contributed by atoms with Gasteiger partial charge in [-0.15, -0.1) is 0 Å². The minimum Gasteiger partial charge on any atom is -0.629 e. The highest BCUT2D eigenvalue weighted by molar-refractivity contribution is 6.28. The Labute approximate surface area is 115 Å². The fraction of sp³-hybridized carbons (Fsp3) is 0.0667. The number of ketones is 2. The largest absolute Gasteiger partial charge is 0.629 e. The molecule has 3 N–H and O–H groups in total. The molecule has 0 spiro atoms. The molecule has 0 fully saturated rings. The molecule has 1 unspecified atom stereocenters. The number of hydrogen-bond acceptors (Lipinski definition) is 4. The molecule has 5 nitrogen and oxygen atoms in total. The number of rotatable bonds is 1. The van der Waals surface area contributed by atoms with Crippen LogP contribution >= 0.6 is 0 Å². The number of nitrogens with two attached hydrogens (primary N) is 1. The predicted molar refractivity (Wildman–Crippen MR) is 74.1 cm³/mol. The Morgan fingerprint density at radius 2 is 1.45 bits per heavy atom. The van der Waals surface area contributed by atoms with E-state index >= 15 is 0 Å². The van der Waals surface area contributed by atoms with Gasteiger partial charge in [-0.2, -0.15) is 0 Å². The van der Waals surface area contributed by atoms with Crippen molar-refractivity contribution >= 4 is 22.9 Å². The first-order chi connectivity index (χ1) is 9.49. The molecule has 0 amide bonds. The molecule has 0 aliphatic heterocycles. The van der Waals surface area contributed by atoms with Gasteiger partial charge < -0.3 is 16.0 Å². The van der Waals surface area contributed by atoms with Crippen LogP contribution in [0.5, 0.6) is 0 Å². The smallest absolute Gasteiger partial charge is 0.194 e. The first-order valence-electron chi connectivity index (χ1n) is 6.13. The molecule has 0 radical (unpaired) electrons. The third-order valence-electron chi connectivity index (χ3n) is 3.45. The van der Waals surface area contributed by atoms with Crippen LogP contribution < -0.4 is 10.8 Å². The van der Waals surface area contributed by atoms with E-state index < -0.39 is 0 Å². The molecule has 2 aromatic rings. The fourth-order valence-corrected chi connectivity index (χ4v) is 2.39. The van der Waals surface area contributed by atoms with Gasteiger partial charge in [0.15, 0.2) is 11.6 Å². The summed E-state index contributed by atoms with van der Waals surface area (Å²) in [6.07, 6.45) is 0. The second-order valence-electron chi connectivity index (χ2n) is 4.78. The van der Waals surface area contributed by atoms with Crippen molar-refractivity contribution in [3.63, 3.8) is 0 Å². The molecule has 0 aromatic heterocycles. The van der Waals surface area contributed by atoms with E-state index in [1.807, 2.05) is 0 Å². The van der Waals surface area contributed by atoms with Gasteiger partial charge in [-0.25, -0.2) is 0 Å². The van der Waals surface area contributed by atoms with E-state index in [9.17, 15) is 14.8 Å². The molecule has 0 bridgehead atoms. The zero-order valence-corrected chi connectivity index (χ0v) is 10.8. The number of fused-ring (bicyclic) bond motifs is 2. The standard InChI is InChI=1S/C15H12N2O3/c1-17(20)9-3-5-11-13(7-9)15(19)10-4-2-8(16)6-12(10)14(11)18/h2-7,17H,16H2,1H3. The Morgan fingerprint density at radius 3 is 2.05 bits per heavy atom. The maximum absolute atomic E-state index is 12.4. The van der Waals surface area contributed by atoms with Gasteiger partial charge in [0.25, 0.3) is 0 Å². The molecule has 1 atom stereocenters. The van der Waals surface area contributed by atoms with Gasteiger partial charge in [0.1, 0.15) is 5.69 Å². The summed E-state index contributed by atoms with van der Waals surface area (Å²) in [5, 5.41) is 11.3. The van der Waals surface area contributed by atoms with Crippen LogP contribution in [0.15, 0.2) is 36.4 Å². The van der Waals surface area contributed by atoms with E-state index in [4.69, 9.17) is 5.73 Å². The number of nitrogens with one attached hydrogen (secondary N) is 1. The van der Waals surface area contributed by atoms with Gasteiger partial charge in [0.05, 0.1) is 7.05 Å². The SMILES string of the molecule is C[NH+]([O-])c1ccc2c(c1)C(=O)c1ccc(N)cc1C2=O. The maximum atomic E-state index is 12.4. The molecule has 0 saturated heterocycles. The summed E-state index contributed by atoms with van der Waals surface area (Å²) >= 11 is 0. The lowest BCUT2D eigenvalue weighted by molar-refractivity contribution is -0.751. The quantitative estimate of drug-likeness (QED) is 0.502. The zero-order valence-electron chi connectivity index (χ0n) is 10.8. The van der Waals surface area contributed by atoms with E-state index in [-0.39, 0.29) is 22.2 Å². The van der Waals surface area contributed by atoms with Crippen LogP contribution in [0.2, 0.25) is 0 Å². The number of carbonyl (C=O) groups is 2. The molecule has 2 aromatic carbocycles. The Hall–Kier alpha value is -2.50. The van der Waals surface area contributed by atoms with Gasteiger partial charge in [0.2, 0.25) is 0 Å². The molecular formula is C15H12N2O3. The number of nitrogen functional groups attached to an aromatic ring is 1. The third-order valence-corrected chi connectivity index (χ3v) is 3.45. The van der Waals surface area contributed by atoms with Crippen LogP contribution in [-0.4, -0.2) is 18.6 Å². The Bertz CT molecular complexity index is 751. The molecular weight excluding hydrogens is 256 g/mol. The number of hydroxylamine groups is 1. The Morgan fingerprint density at radius 1 is 0.900 bits per heavy atom. The van der Waals surface area contributed by atoms with Crippen LogP contribution in [0, 0.1) is 5.21 Å². The average Bonchev–Trinajstić information content (AvgIpc) is 2.44. The summed E-state index contributed by atoms with van der Waals surface area (Å²) < 4.78 is 0. The summed E-state index contributed by atoms with van der Waals surface area (Å²) in [6, 6.07) is 9.22. The third kappa shape index (κ3) is 1.72. The number of benzene rings is 2. The number of hydrogen-bond donors (Lipinski definition) is 2. The van der Waals surface area contributed by atoms with Crippen molar-refractivity contribution in [2.24, 2.45) is 0 Å². The summed E-state index contributed by atoms with van der Waals surface area (Å²) in [5.41, 5.74) is 7.77. The minimum atomic E-state index is -0.252. The number of quaternary nitrogens is 1. The van der Waals surface area contributed by atoms with Crippen LogP contribution in [0.25, 0.3) is 0 Å². The van der Waals surface area contributed by atoms with Crippen LogP contribution in [0.3, 0.4) is 0 Å². The lowest BCUT2D eigenvalue weighted by Gasteiger charge is -2.21. The molecule has 1 aliphatic carbocycles. The molecule has 3 rings (SSSR count). The van der Waals surface area contributed by atoms with Crippen molar-refractivity contribution in [1.29, 1.82) is 0 Å². The van der Waals surface area contributed by atoms with E-state index in [0.717, 1.165) is 0 Å². The van der Waals surface area contributed by atoms with Gasteiger partial charge in [-0.05, 0) is 24.3 Å². The monoisotopic (exact) mass is 268 g/mol. The topological polar surface area (TPSA) is 87.7 Å². The highest BCUT2D eigenvalue weighted by Crippen LogP contribution is 2.29. The Kier molecular flexibility index (Phi) is 2.67. The lowest BCUT2D eigenvalue weighted by Crippen LogP contribution is -2.98. The first kappa shape index (κ1) is 12.5. The van der Waals surface area contributed by atoms with Crippen molar-refractivity contribution in [3.8, 4) is 0 Å². The summed E-state index contributed by atoms with van der Waals surface area (Å²) in [4.78, 5) is 24.8. The van der Waals surface area contributed by atoms with E-state index in [1.165, 1.54) is 25.2 Å². The number of anilines is 1. The van der Waals surface area contributed by atoms with E-state index in [0.29, 0.717) is 28.1 Å². The number of carbonyl (C=O) groups excluding carboxylic acids is 2. The van der Waals surface area contributed by atoms with Crippen molar-refractivity contribution in [2.45, 2.75) is 0 Å². The second-order valence-corrected chi connectivity index (χ2v) is 4.78. The van der Waals surface area contributed by atoms with Crippen molar-refractivity contribution < 1.29 is 14.7 Å². The van der Waals surface area contributed by atoms with Crippen molar-refractivity contribution in [2.75, 3.05) is 12.8 Å². The molecule has 20 heavy (non-hydrogen) atoms. The second kappa shape index (κ2) is 4.26. The van der Waals surface area contributed by atoms with Gasteiger partial charge in [0, 0.05) is 40.1 Å². The van der Waals surface area contributed by atoms with Crippen molar-refractivity contribution in [3.05, 3.63) is 63.9 Å². The zero-order chi connectivity index (χ0) is 14.4. The summed E-state index contributed by atoms with van der Waals surface area (Å²) in [5.74, 6) is -0.491. The fourth-order valence-electron chi connectivity index (χ4n) is 2.39. The van der Waals surface area contributed by atoms with E-state index in [2.05, 4.69) is 0 Å². The molecule has 0 saturated carbocycles. The highest BCUT2D eigenvalue weighted by atomic mass is 16.5. The van der Waals surface area contributed by atoms with E-state index in [1.54, 1.807) is 18.2 Å². The predicted octanol–water partition coefficient (Wildman–Crippen LogP) is 0.688. The van der Waals surface area contributed by atoms with Crippen molar-refractivity contribution in [1.82, 2.24) is 0 Å². The Balaban J connectivity index is 2.23. The first-order valence-corrected chi connectivity index (χ1v) is 6.13. The molecule has 0 heterocycles. The molecule has 100 valence electrons. The van der Waals surface area contributed by atoms with Crippen LogP contribution in [0.4, 0.5) is 11.4 Å². The minimum absolute atomic E-state index is 0.142. The summed E-state index contributed by atoms with van der Waals surface area (Å²) in [6.45, 7) is 0. The van der Waals surface area contributed by atoms with Gasteiger partial charge in [-0.1, -0.05) is 0 Å². The lowest BCUT2D eigenvalue weighted by atomic mass is 9.83. The van der Waals surface area contributed by atoms with Gasteiger partial charge >= 0.3 is 0 Å². The highest BCUT2D eigenvalue weighted by Gasteiger charge is 2.30. The van der Waals surface area contributed by atoms with Crippen LogP contribution in [0.1, 0.15) is 31.8 Å². The molecule has 5 heteroatoms. The maximum Gasteiger partial charge on any atom is 0.194 e. The summed E-state index contributed by atoms with van der Waals surface area (Å²) in [7, 11) is 1.42. The normalized spacial score (nSPS) is 14.7. The average molecular weight is 268 g/mol.